The largest absolute Gasteiger partial charge is 0.354 e. The van der Waals surface area contributed by atoms with Gasteiger partial charge in [0.1, 0.15) is 0 Å². The quantitative estimate of drug-likeness (QED) is 0.570. The molecule has 2 amide bonds. The average Bonchev–Trinajstić information content (AvgIpc) is 2.65. The molecule has 5 nitrogen and oxygen atoms in total. The van der Waals surface area contributed by atoms with Gasteiger partial charge in [0.05, 0.1) is 10.6 Å². The van der Waals surface area contributed by atoms with Gasteiger partial charge in [-0.15, -0.1) is 0 Å². The standard InChI is InChI=1S/C21H26ClN3O2/c1-3-15(2)24-20(26)11-12-23-14-16-7-6-8-17(13-16)25-21(27)18-9-4-5-10-19(18)22/h4-10,13,15,23H,3,11-12,14H2,1-2H3,(H,24,26)(H,25,27). The van der Waals surface area contributed by atoms with E-state index in [1.807, 2.05) is 38.1 Å². The van der Waals surface area contributed by atoms with E-state index in [4.69, 9.17) is 11.6 Å². The van der Waals surface area contributed by atoms with Crippen LogP contribution in [0.1, 0.15) is 42.6 Å². The number of benzene rings is 2. The number of nitrogens with one attached hydrogen (secondary N) is 3. The summed E-state index contributed by atoms with van der Waals surface area (Å²) >= 11 is 6.06. The van der Waals surface area contributed by atoms with Gasteiger partial charge in [-0.2, -0.15) is 0 Å². The summed E-state index contributed by atoms with van der Waals surface area (Å²) in [5.74, 6) is -0.190. The first-order chi connectivity index (χ1) is 13.0. The highest BCUT2D eigenvalue weighted by atomic mass is 35.5. The van der Waals surface area contributed by atoms with Crippen LogP contribution in [0, 0.1) is 0 Å². The first kappa shape index (κ1) is 20.9. The Kier molecular flexibility index (Phi) is 8.30. The van der Waals surface area contributed by atoms with Gasteiger partial charge in [0, 0.05) is 31.2 Å². The molecule has 0 spiro atoms. The predicted octanol–water partition coefficient (Wildman–Crippen LogP) is 3.99. The third-order valence-corrected chi connectivity index (χ3v) is 4.51. The van der Waals surface area contributed by atoms with Crippen LogP contribution in [-0.2, 0) is 11.3 Å². The Balaban J connectivity index is 1.82. The first-order valence-electron chi connectivity index (χ1n) is 9.14. The molecule has 0 aliphatic rings. The van der Waals surface area contributed by atoms with Gasteiger partial charge in [-0.05, 0) is 43.2 Å². The predicted molar refractivity (Wildman–Crippen MR) is 110 cm³/mol. The smallest absolute Gasteiger partial charge is 0.257 e. The van der Waals surface area contributed by atoms with Gasteiger partial charge < -0.3 is 16.0 Å². The third-order valence-electron chi connectivity index (χ3n) is 4.18. The zero-order valence-corrected chi connectivity index (χ0v) is 16.5. The maximum Gasteiger partial charge on any atom is 0.257 e. The van der Waals surface area contributed by atoms with E-state index in [1.165, 1.54) is 0 Å². The van der Waals surface area contributed by atoms with Crippen LogP contribution in [0.4, 0.5) is 5.69 Å². The van der Waals surface area contributed by atoms with E-state index < -0.39 is 0 Å². The molecule has 2 aromatic rings. The second-order valence-corrected chi connectivity index (χ2v) is 6.85. The lowest BCUT2D eigenvalue weighted by molar-refractivity contribution is -0.121. The highest BCUT2D eigenvalue weighted by Gasteiger charge is 2.10. The van der Waals surface area contributed by atoms with Crippen LogP contribution >= 0.6 is 11.6 Å². The van der Waals surface area contributed by atoms with Crippen LogP contribution in [0.25, 0.3) is 0 Å². The fourth-order valence-electron chi connectivity index (χ4n) is 2.49. The molecule has 0 aliphatic carbocycles. The molecule has 0 fully saturated rings. The van der Waals surface area contributed by atoms with Gasteiger partial charge >= 0.3 is 0 Å². The molecule has 0 saturated carbocycles. The van der Waals surface area contributed by atoms with Gasteiger partial charge in [-0.3, -0.25) is 9.59 Å². The zero-order valence-electron chi connectivity index (χ0n) is 15.7. The van der Waals surface area contributed by atoms with Crippen molar-refractivity contribution in [1.29, 1.82) is 0 Å². The summed E-state index contributed by atoms with van der Waals surface area (Å²) in [4.78, 5) is 24.1. The Morgan fingerprint density at radius 3 is 2.63 bits per heavy atom. The van der Waals surface area contributed by atoms with Crippen LogP contribution < -0.4 is 16.0 Å². The number of halogens is 1. The van der Waals surface area contributed by atoms with Crippen LogP contribution in [0.15, 0.2) is 48.5 Å². The molecule has 2 aromatic carbocycles. The molecule has 3 N–H and O–H groups in total. The molecule has 0 saturated heterocycles. The highest BCUT2D eigenvalue weighted by Crippen LogP contribution is 2.18. The topological polar surface area (TPSA) is 70.2 Å². The van der Waals surface area contributed by atoms with Crippen molar-refractivity contribution >= 4 is 29.1 Å². The number of hydrogen-bond acceptors (Lipinski definition) is 3. The Hall–Kier alpha value is -2.37. The van der Waals surface area contributed by atoms with Gasteiger partial charge in [-0.1, -0.05) is 42.8 Å². The second kappa shape index (κ2) is 10.7. The maximum absolute atomic E-state index is 12.3. The van der Waals surface area contributed by atoms with E-state index in [9.17, 15) is 9.59 Å². The number of rotatable bonds is 9. The van der Waals surface area contributed by atoms with Crippen molar-refractivity contribution in [2.75, 3.05) is 11.9 Å². The van der Waals surface area contributed by atoms with Crippen LogP contribution in [-0.4, -0.2) is 24.4 Å². The molecule has 0 bridgehead atoms. The zero-order chi connectivity index (χ0) is 19.6. The number of anilines is 1. The van der Waals surface area contributed by atoms with Crippen LogP contribution in [0.2, 0.25) is 5.02 Å². The number of carbonyl (C=O) groups is 2. The second-order valence-electron chi connectivity index (χ2n) is 6.44. The molecule has 0 aromatic heterocycles. The van der Waals surface area contributed by atoms with Gasteiger partial charge in [0.15, 0.2) is 0 Å². The monoisotopic (exact) mass is 387 g/mol. The van der Waals surface area contributed by atoms with Gasteiger partial charge in [0.25, 0.3) is 5.91 Å². The first-order valence-corrected chi connectivity index (χ1v) is 9.52. The summed E-state index contributed by atoms with van der Waals surface area (Å²) in [6, 6.07) is 14.7. The lowest BCUT2D eigenvalue weighted by atomic mass is 10.1. The van der Waals surface area contributed by atoms with Crippen molar-refractivity contribution in [2.45, 2.75) is 39.3 Å². The molecule has 0 radical (unpaired) electrons. The molecule has 6 heteroatoms. The highest BCUT2D eigenvalue weighted by molar-refractivity contribution is 6.34. The van der Waals surface area contributed by atoms with Gasteiger partial charge in [0.2, 0.25) is 5.91 Å². The van der Waals surface area contributed by atoms with E-state index in [1.54, 1.807) is 24.3 Å². The summed E-state index contributed by atoms with van der Waals surface area (Å²) in [5, 5.41) is 9.47. The lowest BCUT2D eigenvalue weighted by Gasteiger charge is -2.12. The van der Waals surface area contributed by atoms with Crippen molar-refractivity contribution in [3.63, 3.8) is 0 Å². The minimum absolute atomic E-state index is 0.0533. The minimum atomic E-state index is -0.243. The molecule has 0 aliphatic heterocycles. The van der Waals surface area contributed by atoms with Gasteiger partial charge in [-0.25, -0.2) is 0 Å². The average molecular weight is 388 g/mol. The molecule has 1 atom stereocenters. The van der Waals surface area contributed by atoms with Crippen LogP contribution in [0.5, 0.6) is 0 Å². The molecular formula is C21H26ClN3O2. The fraction of sp³-hybridized carbons (Fsp3) is 0.333. The molecule has 0 heterocycles. The Morgan fingerprint density at radius 1 is 1.11 bits per heavy atom. The summed E-state index contributed by atoms with van der Waals surface area (Å²) in [6.07, 6.45) is 1.36. The molecule has 27 heavy (non-hydrogen) atoms. The van der Waals surface area contributed by atoms with E-state index in [0.717, 1.165) is 12.0 Å². The van der Waals surface area contributed by atoms with Crippen LogP contribution in [0.3, 0.4) is 0 Å². The fourth-order valence-corrected chi connectivity index (χ4v) is 2.71. The Morgan fingerprint density at radius 2 is 1.89 bits per heavy atom. The number of hydrogen-bond donors (Lipinski definition) is 3. The number of amides is 2. The number of carbonyl (C=O) groups excluding carboxylic acids is 2. The maximum atomic E-state index is 12.3. The summed E-state index contributed by atoms with van der Waals surface area (Å²) in [5.41, 5.74) is 2.16. The molecule has 1 unspecified atom stereocenters. The lowest BCUT2D eigenvalue weighted by Crippen LogP contribution is -2.33. The molecule has 144 valence electrons. The molecular weight excluding hydrogens is 362 g/mol. The normalized spacial score (nSPS) is 11.7. The van der Waals surface area contributed by atoms with Crippen molar-refractivity contribution in [3.8, 4) is 0 Å². The summed E-state index contributed by atoms with van der Waals surface area (Å²) in [7, 11) is 0. The van der Waals surface area contributed by atoms with E-state index in [2.05, 4.69) is 16.0 Å². The van der Waals surface area contributed by atoms with E-state index in [0.29, 0.717) is 35.8 Å². The summed E-state index contributed by atoms with van der Waals surface area (Å²) in [6.45, 7) is 5.25. The Labute approximate surface area is 165 Å². The van der Waals surface area contributed by atoms with E-state index in [-0.39, 0.29) is 17.9 Å². The minimum Gasteiger partial charge on any atom is -0.354 e. The van der Waals surface area contributed by atoms with Crippen molar-refractivity contribution in [1.82, 2.24) is 10.6 Å². The van der Waals surface area contributed by atoms with Crippen molar-refractivity contribution in [3.05, 3.63) is 64.7 Å². The van der Waals surface area contributed by atoms with Crippen molar-refractivity contribution < 1.29 is 9.59 Å². The van der Waals surface area contributed by atoms with Crippen molar-refractivity contribution in [2.24, 2.45) is 0 Å². The third kappa shape index (κ3) is 7.04. The Bertz CT molecular complexity index is 780. The molecule has 2 rings (SSSR count). The summed E-state index contributed by atoms with van der Waals surface area (Å²) < 4.78 is 0. The van der Waals surface area contributed by atoms with E-state index >= 15 is 0 Å². The SMILES string of the molecule is CCC(C)NC(=O)CCNCc1cccc(NC(=O)c2ccccc2Cl)c1.